The van der Waals surface area contributed by atoms with E-state index in [1.54, 1.807) is 6.92 Å². The van der Waals surface area contributed by atoms with Gasteiger partial charge in [0, 0.05) is 0 Å². The zero-order valence-electron chi connectivity index (χ0n) is 8.92. The van der Waals surface area contributed by atoms with Crippen molar-refractivity contribution in [1.82, 2.24) is 20.1 Å². The summed E-state index contributed by atoms with van der Waals surface area (Å²) in [5, 5.41) is 15.5. The zero-order chi connectivity index (χ0) is 11.3. The van der Waals surface area contributed by atoms with Gasteiger partial charge >= 0.3 is 0 Å². The normalized spacial score (nSPS) is 14.6. The Hall–Kier alpha value is -1.43. The molecule has 0 saturated carbocycles. The van der Waals surface area contributed by atoms with E-state index in [0.29, 0.717) is 6.42 Å². The first kappa shape index (κ1) is 11.6. The van der Waals surface area contributed by atoms with Crippen LogP contribution in [0, 0.1) is 0 Å². The molecule has 0 aromatic carbocycles. The van der Waals surface area contributed by atoms with Gasteiger partial charge in [-0.2, -0.15) is 5.10 Å². The van der Waals surface area contributed by atoms with Crippen LogP contribution >= 0.6 is 0 Å². The quantitative estimate of drug-likeness (QED) is 0.704. The average molecular weight is 212 g/mol. The van der Waals surface area contributed by atoms with Crippen molar-refractivity contribution in [1.29, 1.82) is 0 Å². The molecule has 0 radical (unpaired) electrons. The Morgan fingerprint density at radius 1 is 1.67 bits per heavy atom. The van der Waals surface area contributed by atoms with Crippen LogP contribution in [0.4, 0.5) is 0 Å². The van der Waals surface area contributed by atoms with Crippen LogP contribution in [0.3, 0.4) is 0 Å². The van der Waals surface area contributed by atoms with Gasteiger partial charge < -0.3 is 10.4 Å². The second-order valence-corrected chi connectivity index (χ2v) is 3.35. The minimum atomic E-state index is -0.409. The summed E-state index contributed by atoms with van der Waals surface area (Å²) in [7, 11) is 0. The van der Waals surface area contributed by atoms with Crippen molar-refractivity contribution in [2.45, 2.75) is 32.4 Å². The second kappa shape index (κ2) is 5.45. The molecular weight excluding hydrogens is 196 g/mol. The van der Waals surface area contributed by atoms with Crippen molar-refractivity contribution in [3.05, 3.63) is 12.7 Å². The first-order valence-electron chi connectivity index (χ1n) is 4.94. The van der Waals surface area contributed by atoms with Crippen LogP contribution in [0.1, 0.15) is 26.3 Å². The van der Waals surface area contributed by atoms with Crippen molar-refractivity contribution in [3.8, 4) is 0 Å². The average Bonchev–Trinajstić information content (AvgIpc) is 2.77. The third-order valence-electron chi connectivity index (χ3n) is 2.27. The number of aliphatic hydroxyl groups is 1. The van der Waals surface area contributed by atoms with E-state index in [9.17, 15) is 4.79 Å². The number of nitrogens with zero attached hydrogens (tertiary/aromatic N) is 3. The third-order valence-corrected chi connectivity index (χ3v) is 2.27. The lowest BCUT2D eigenvalue weighted by Crippen LogP contribution is -2.40. The molecule has 1 rings (SSSR count). The van der Waals surface area contributed by atoms with E-state index >= 15 is 0 Å². The number of hydrogen-bond acceptors (Lipinski definition) is 4. The van der Waals surface area contributed by atoms with Crippen molar-refractivity contribution >= 4 is 5.91 Å². The third kappa shape index (κ3) is 3.02. The van der Waals surface area contributed by atoms with E-state index in [4.69, 9.17) is 5.11 Å². The molecule has 0 fully saturated rings. The standard InChI is InChI=1S/C9H16N4O2/c1-3-8(4-14)12-9(15)7(2)13-6-10-5-11-13/h5-8,14H,3-4H2,1-2H3,(H,12,15)/t7?,8-/m1/s1. The predicted molar refractivity (Wildman–Crippen MR) is 54.0 cm³/mol. The van der Waals surface area contributed by atoms with Gasteiger partial charge in [-0.1, -0.05) is 6.92 Å². The van der Waals surface area contributed by atoms with E-state index < -0.39 is 6.04 Å². The molecule has 2 N–H and O–H groups in total. The highest BCUT2D eigenvalue weighted by molar-refractivity contribution is 5.80. The Morgan fingerprint density at radius 3 is 2.87 bits per heavy atom. The highest BCUT2D eigenvalue weighted by Crippen LogP contribution is 2.03. The largest absolute Gasteiger partial charge is 0.394 e. The lowest BCUT2D eigenvalue weighted by atomic mass is 10.2. The van der Waals surface area contributed by atoms with Gasteiger partial charge in [0.25, 0.3) is 0 Å². The van der Waals surface area contributed by atoms with Gasteiger partial charge in [-0.05, 0) is 13.3 Å². The number of hydrogen-bond donors (Lipinski definition) is 2. The number of rotatable bonds is 5. The molecule has 0 aliphatic carbocycles. The van der Waals surface area contributed by atoms with Crippen LogP contribution in [-0.2, 0) is 4.79 Å². The van der Waals surface area contributed by atoms with E-state index in [-0.39, 0.29) is 18.6 Å². The summed E-state index contributed by atoms with van der Waals surface area (Å²) < 4.78 is 1.47. The van der Waals surface area contributed by atoms with E-state index in [1.165, 1.54) is 17.3 Å². The van der Waals surface area contributed by atoms with Gasteiger partial charge in [0.1, 0.15) is 18.7 Å². The first-order chi connectivity index (χ1) is 7.19. The van der Waals surface area contributed by atoms with Gasteiger partial charge in [0.05, 0.1) is 12.6 Å². The Balaban J connectivity index is 2.53. The van der Waals surface area contributed by atoms with Crippen molar-refractivity contribution in [3.63, 3.8) is 0 Å². The maximum Gasteiger partial charge on any atom is 0.244 e. The number of carbonyl (C=O) groups is 1. The molecule has 6 nitrogen and oxygen atoms in total. The van der Waals surface area contributed by atoms with Gasteiger partial charge in [0.2, 0.25) is 5.91 Å². The lowest BCUT2D eigenvalue weighted by Gasteiger charge is -2.17. The number of nitrogens with one attached hydrogen (secondary N) is 1. The minimum absolute atomic E-state index is 0.0493. The monoisotopic (exact) mass is 212 g/mol. The molecular formula is C9H16N4O2. The summed E-state index contributed by atoms with van der Waals surface area (Å²) in [6, 6.07) is -0.600. The number of carbonyl (C=O) groups excluding carboxylic acids is 1. The summed E-state index contributed by atoms with van der Waals surface area (Å²) in [5.74, 6) is -0.165. The Morgan fingerprint density at radius 2 is 2.40 bits per heavy atom. The maximum absolute atomic E-state index is 11.7. The SMILES string of the molecule is CC[C@H](CO)NC(=O)C(C)n1cncn1. The van der Waals surface area contributed by atoms with Crippen molar-refractivity contribution < 1.29 is 9.90 Å². The number of amides is 1. The van der Waals surface area contributed by atoms with Gasteiger partial charge in [0.15, 0.2) is 0 Å². The van der Waals surface area contributed by atoms with Crippen LogP contribution in [0.5, 0.6) is 0 Å². The minimum Gasteiger partial charge on any atom is -0.394 e. The molecule has 6 heteroatoms. The summed E-state index contributed by atoms with van der Waals surface area (Å²) >= 11 is 0. The maximum atomic E-state index is 11.7. The van der Waals surface area contributed by atoms with Crippen LogP contribution < -0.4 is 5.32 Å². The summed E-state index contributed by atoms with van der Waals surface area (Å²) in [6.45, 7) is 3.59. The van der Waals surface area contributed by atoms with Crippen LogP contribution in [0.15, 0.2) is 12.7 Å². The van der Waals surface area contributed by atoms with E-state index in [2.05, 4.69) is 15.4 Å². The molecule has 2 atom stereocenters. The van der Waals surface area contributed by atoms with Crippen LogP contribution in [0.25, 0.3) is 0 Å². The zero-order valence-corrected chi connectivity index (χ0v) is 8.92. The number of aliphatic hydroxyl groups excluding tert-OH is 1. The highest BCUT2D eigenvalue weighted by Gasteiger charge is 2.17. The van der Waals surface area contributed by atoms with Gasteiger partial charge in [-0.15, -0.1) is 0 Å². The molecule has 0 aliphatic heterocycles. The van der Waals surface area contributed by atoms with Gasteiger partial charge in [-0.25, -0.2) is 9.67 Å². The molecule has 0 bridgehead atoms. The lowest BCUT2D eigenvalue weighted by molar-refractivity contribution is -0.125. The molecule has 1 amide bonds. The molecule has 1 aromatic heterocycles. The molecule has 0 spiro atoms. The van der Waals surface area contributed by atoms with Crippen molar-refractivity contribution in [2.24, 2.45) is 0 Å². The second-order valence-electron chi connectivity index (χ2n) is 3.35. The fraction of sp³-hybridized carbons (Fsp3) is 0.667. The molecule has 84 valence electrons. The number of aromatic nitrogens is 3. The molecule has 15 heavy (non-hydrogen) atoms. The Bertz CT molecular complexity index is 295. The Labute approximate surface area is 88.3 Å². The topological polar surface area (TPSA) is 80.0 Å². The molecule has 1 aromatic rings. The highest BCUT2D eigenvalue weighted by atomic mass is 16.3. The Kier molecular flexibility index (Phi) is 4.23. The van der Waals surface area contributed by atoms with Crippen LogP contribution in [-0.4, -0.2) is 38.4 Å². The molecule has 1 heterocycles. The van der Waals surface area contributed by atoms with E-state index in [0.717, 1.165) is 0 Å². The molecule has 1 unspecified atom stereocenters. The van der Waals surface area contributed by atoms with Gasteiger partial charge in [-0.3, -0.25) is 4.79 Å². The molecule has 0 saturated heterocycles. The fourth-order valence-electron chi connectivity index (χ4n) is 1.14. The summed E-state index contributed by atoms with van der Waals surface area (Å²) in [5.41, 5.74) is 0. The summed E-state index contributed by atoms with van der Waals surface area (Å²) in [6.07, 6.45) is 3.57. The predicted octanol–water partition coefficient (Wildman–Crippen LogP) is -0.274. The fourth-order valence-corrected chi connectivity index (χ4v) is 1.14. The molecule has 0 aliphatic rings. The first-order valence-corrected chi connectivity index (χ1v) is 4.94. The smallest absolute Gasteiger partial charge is 0.244 e. The summed E-state index contributed by atoms with van der Waals surface area (Å²) in [4.78, 5) is 15.4. The van der Waals surface area contributed by atoms with E-state index in [1.807, 2.05) is 6.92 Å². The van der Waals surface area contributed by atoms with Crippen molar-refractivity contribution in [2.75, 3.05) is 6.61 Å². The van der Waals surface area contributed by atoms with Crippen LogP contribution in [0.2, 0.25) is 0 Å².